The number of carbonyl (C=O) groups excluding carboxylic acids is 1. The highest BCUT2D eigenvalue weighted by Gasteiger charge is 2.21. The smallest absolute Gasteiger partial charge is 0.306 e. The van der Waals surface area contributed by atoms with Crippen molar-refractivity contribution in [2.45, 2.75) is 19.3 Å². The maximum Gasteiger partial charge on any atom is 0.306 e. The van der Waals surface area contributed by atoms with Gasteiger partial charge in [-0.25, -0.2) is 4.72 Å². The van der Waals surface area contributed by atoms with E-state index in [2.05, 4.69) is 9.46 Å². The summed E-state index contributed by atoms with van der Waals surface area (Å²) in [5.74, 6) is -0.107. The molecule has 112 valence electrons. The highest BCUT2D eigenvalue weighted by molar-refractivity contribution is 7.87. The molecule has 0 atom stereocenters. The summed E-state index contributed by atoms with van der Waals surface area (Å²) < 4.78 is 37.2. The molecule has 1 rings (SSSR count). The average Bonchev–Trinajstić information content (AvgIpc) is 2.43. The lowest BCUT2D eigenvalue weighted by atomic mass is 10.0. The summed E-state index contributed by atoms with van der Waals surface area (Å²) in [7, 11) is -0.811. The molecule has 0 saturated carbocycles. The largest absolute Gasteiger partial charge is 0.469 e. The Morgan fingerprint density at radius 1 is 1.42 bits per heavy atom. The predicted octanol–water partition coefficient (Wildman–Crippen LogP) is -0.258. The van der Waals surface area contributed by atoms with Gasteiger partial charge >= 0.3 is 5.97 Å². The lowest BCUT2D eigenvalue weighted by molar-refractivity contribution is -0.140. The molecule has 0 aromatic rings. The van der Waals surface area contributed by atoms with E-state index in [1.54, 1.807) is 0 Å². The molecular weight excluding hydrogens is 272 g/mol. The number of esters is 1. The second-order valence-electron chi connectivity index (χ2n) is 4.56. The van der Waals surface area contributed by atoms with Crippen molar-refractivity contribution >= 4 is 16.2 Å². The third-order valence-corrected chi connectivity index (χ3v) is 4.70. The summed E-state index contributed by atoms with van der Waals surface area (Å²) in [6.45, 7) is 1.89. The van der Waals surface area contributed by atoms with Gasteiger partial charge in [0.1, 0.15) is 0 Å². The first kappa shape index (κ1) is 16.4. The molecule has 1 heterocycles. The van der Waals surface area contributed by atoms with Crippen LogP contribution in [0.25, 0.3) is 0 Å². The molecule has 1 aliphatic heterocycles. The van der Waals surface area contributed by atoms with Crippen LogP contribution in [0.15, 0.2) is 0 Å². The fraction of sp³-hybridized carbons (Fsp3) is 0.909. The van der Waals surface area contributed by atoms with Crippen LogP contribution >= 0.6 is 0 Å². The van der Waals surface area contributed by atoms with Crippen molar-refractivity contribution < 1.29 is 22.7 Å². The van der Waals surface area contributed by atoms with E-state index in [-0.39, 0.29) is 13.0 Å². The quantitative estimate of drug-likeness (QED) is 0.654. The maximum absolute atomic E-state index is 11.9. The topological polar surface area (TPSA) is 84.9 Å². The van der Waals surface area contributed by atoms with Crippen molar-refractivity contribution in [2.75, 3.05) is 40.5 Å². The standard InChI is InChI=1S/C11H22N2O5S/c1-13(6-3-11(14)17-2)19(15,16)12-9-10-4-7-18-8-5-10/h10,12H,3-9H2,1-2H3. The van der Waals surface area contributed by atoms with Crippen molar-refractivity contribution in [3.8, 4) is 0 Å². The minimum atomic E-state index is -3.53. The first-order chi connectivity index (χ1) is 8.95. The molecule has 1 saturated heterocycles. The number of rotatable bonds is 7. The summed E-state index contributed by atoms with van der Waals surface area (Å²) in [5.41, 5.74) is 0. The monoisotopic (exact) mass is 294 g/mol. The molecule has 19 heavy (non-hydrogen) atoms. The van der Waals surface area contributed by atoms with Gasteiger partial charge in [-0.15, -0.1) is 0 Å². The van der Waals surface area contributed by atoms with E-state index in [0.717, 1.165) is 17.1 Å². The third kappa shape index (κ3) is 5.85. The molecular formula is C11H22N2O5S. The zero-order chi connectivity index (χ0) is 14.3. The summed E-state index contributed by atoms with van der Waals surface area (Å²) in [4.78, 5) is 11.0. The summed E-state index contributed by atoms with van der Waals surface area (Å²) in [6, 6.07) is 0. The Labute approximate surface area is 114 Å². The molecule has 1 aliphatic rings. The number of nitrogens with one attached hydrogen (secondary N) is 1. The minimum Gasteiger partial charge on any atom is -0.469 e. The predicted molar refractivity (Wildman–Crippen MR) is 69.7 cm³/mol. The first-order valence-corrected chi connectivity index (χ1v) is 7.75. The molecule has 1 fully saturated rings. The van der Waals surface area contributed by atoms with E-state index in [1.165, 1.54) is 14.2 Å². The van der Waals surface area contributed by atoms with Gasteiger partial charge in [0.05, 0.1) is 13.5 Å². The zero-order valence-corrected chi connectivity index (χ0v) is 12.2. The Hall–Kier alpha value is -0.700. The van der Waals surface area contributed by atoms with Crippen molar-refractivity contribution in [1.29, 1.82) is 0 Å². The molecule has 0 aromatic carbocycles. The van der Waals surface area contributed by atoms with Gasteiger partial charge in [0, 0.05) is 33.4 Å². The number of ether oxygens (including phenoxy) is 2. The first-order valence-electron chi connectivity index (χ1n) is 6.31. The molecule has 0 spiro atoms. The summed E-state index contributed by atoms with van der Waals surface area (Å²) in [5, 5.41) is 0. The van der Waals surface area contributed by atoms with Gasteiger partial charge in [0.25, 0.3) is 10.2 Å². The number of carbonyl (C=O) groups is 1. The lowest BCUT2D eigenvalue weighted by Gasteiger charge is -2.24. The van der Waals surface area contributed by atoms with Crippen LogP contribution in [-0.2, 0) is 24.5 Å². The minimum absolute atomic E-state index is 0.0468. The Morgan fingerprint density at radius 3 is 2.63 bits per heavy atom. The zero-order valence-electron chi connectivity index (χ0n) is 11.4. The van der Waals surface area contributed by atoms with Gasteiger partial charge in [-0.05, 0) is 18.8 Å². The van der Waals surface area contributed by atoms with Crippen LogP contribution in [0, 0.1) is 5.92 Å². The van der Waals surface area contributed by atoms with Crippen molar-refractivity contribution in [2.24, 2.45) is 5.92 Å². The fourth-order valence-corrected chi connectivity index (χ4v) is 2.75. The highest BCUT2D eigenvalue weighted by Crippen LogP contribution is 2.13. The number of nitrogens with zero attached hydrogens (tertiary/aromatic N) is 1. The van der Waals surface area contributed by atoms with E-state index >= 15 is 0 Å². The van der Waals surface area contributed by atoms with E-state index in [9.17, 15) is 13.2 Å². The van der Waals surface area contributed by atoms with Crippen LogP contribution in [0.3, 0.4) is 0 Å². The van der Waals surface area contributed by atoms with Gasteiger partial charge in [0.2, 0.25) is 0 Å². The van der Waals surface area contributed by atoms with Crippen molar-refractivity contribution in [1.82, 2.24) is 9.03 Å². The second-order valence-corrected chi connectivity index (χ2v) is 6.42. The normalized spacial score (nSPS) is 17.6. The Balaban J connectivity index is 2.34. The van der Waals surface area contributed by atoms with Gasteiger partial charge in [-0.2, -0.15) is 12.7 Å². The van der Waals surface area contributed by atoms with Crippen LogP contribution < -0.4 is 4.72 Å². The molecule has 0 aliphatic carbocycles. The van der Waals surface area contributed by atoms with Crippen LogP contribution in [0.4, 0.5) is 0 Å². The maximum atomic E-state index is 11.9. The van der Waals surface area contributed by atoms with Crippen molar-refractivity contribution in [3.63, 3.8) is 0 Å². The van der Waals surface area contributed by atoms with Gasteiger partial charge in [0.15, 0.2) is 0 Å². The van der Waals surface area contributed by atoms with Crippen LogP contribution in [0.2, 0.25) is 0 Å². The molecule has 0 amide bonds. The van der Waals surface area contributed by atoms with Crippen LogP contribution in [0.1, 0.15) is 19.3 Å². The molecule has 0 radical (unpaired) electrons. The van der Waals surface area contributed by atoms with Crippen molar-refractivity contribution in [3.05, 3.63) is 0 Å². The molecule has 0 unspecified atom stereocenters. The Kier molecular flexibility index (Phi) is 6.70. The Bertz CT molecular complexity index is 379. The van der Waals surface area contributed by atoms with E-state index in [1.807, 2.05) is 0 Å². The SMILES string of the molecule is COC(=O)CCN(C)S(=O)(=O)NCC1CCOCC1. The van der Waals surface area contributed by atoms with Gasteiger partial charge in [-0.3, -0.25) is 4.79 Å². The number of hydrogen-bond acceptors (Lipinski definition) is 5. The molecule has 7 nitrogen and oxygen atoms in total. The molecule has 0 aromatic heterocycles. The van der Waals surface area contributed by atoms with Crippen LogP contribution in [0.5, 0.6) is 0 Å². The number of methoxy groups -OCH3 is 1. The Morgan fingerprint density at radius 2 is 2.05 bits per heavy atom. The summed E-state index contributed by atoms with van der Waals surface area (Å²) in [6.07, 6.45) is 1.79. The number of hydrogen-bond donors (Lipinski definition) is 1. The van der Waals surface area contributed by atoms with E-state index < -0.39 is 16.2 Å². The molecule has 1 N–H and O–H groups in total. The van der Waals surface area contributed by atoms with E-state index in [4.69, 9.17) is 4.74 Å². The highest BCUT2D eigenvalue weighted by atomic mass is 32.2. The molecule has 8 heteroatoms. The van der Waals surface area contributed by atoms with Gasteiger partial charge in [-0.1, -0.05) is 0 Å². The fourth-order valence-electron chi connectivity index (χ4n) is 1.75. The lowest BCUT2D eigenvalue weighted by Crippen LogP contribution is -2.42. The molecule has 0 bridgehead atoms. The van der Waals surface area contributed by atoms with Crippen LogP contribution in [-0.4, -0.2) is 59.2 Å². The second kappa shape index (κ2) is 7.78. The van der Waals surface area contributed by atoms with Gasteiger partial charge < -0.3 is 9.47 Å². The third-order valence-electron chi connectivity index (χ3n) is 3.16. The summed E-state index contributed by atoms with van der Waals surface area (Å²) >= 11 is 0. The van der Waals surface area contributed by atoms with E-state index in [0.29, 0.717) is 25.7 Å². The average molecular weight is 294 g/mol.